The van der Waals surface area contributed by atoms with E-state index in [2.05, 4.69) is 13.8 Å². The Bertz CT molecular complexity index is 364. The number of aliphatic carboxylic acids is 1. The zero-order chi connectivity index (χ0) is 14.0. The van der Waals surface area contributed by atoms with Crippen LogP contribution in [0.5, 0.6) is 0 Å². The van der Waals surface area contributed by atoms with Crippen molar-refractivity contribution in [1.82, 2.24) is 0 Å². The molecular weight excluding hydrogens is 240 g/mol. The highest BCUT2D eigenvalue weighted by Gasteiger charge is 2.35. The molecule has 0 aromatic carbocycles. The first kappa shape index (κ1) is 14.6. The van der Waals surface area contributed by atoms with Crippen molar-refractivity contribution in [1.29, 1.82) is 0 Å². The fourth-order valence-corrected chi connectivity index (χ4v) is 4.03. The zero-order valence-electron chi connectivity index (χ0n) is 12.1. The van der Waals surface area contributed by atoms with Gasteiger partial charge in [0.2, 0.25) is 0 Å². The van der Waals surface area contributed by atoms with E-state index in [-0.39, 0.29) is 17.9 Å². The number of aliphatic hydroxyl groups is 1. The van der Waals surface area contributed by atoms with Crippen LogP contribution in [0.2, 0.25) is 0 Å². The van der Waals surface area contributed by atoms with Crippen LogP contribution < -0.4 is 0 Å². The van der Waals surface area contributed by atoms with Crippen LogP contribution in [-0.4, -0.2) is 22.3 Å². The topological polar surface area (TPSA) is 57.5 Å². The molecule has 3 nitrogen and oxygen atoms in total. The molecule has 2 atom stereocenters. The first-order valence-electron chi connectivity index (χ1n) is 7.67. The molecule has 2 aliphatic carbocycles. The molecule has 1 saturated carbocycles. The average molecular weight is 266 g/mol. The van der Waals surface area contributed by atoms with E-state index in [9.17, 15) is 15.0 Å². The van der Waals surface area contributed by atoms with E-state index in [0.29, 0.717) is 5.92 Å². The van der Waals surface area contributed by atoms with Crippen LogP contribution in [0.15, 0.2) is 11.1 Å². The summed E-state index contributed by atoms with van der Waals surface area (Å²) in [7, 11) is 0. The number of aliphatic hydroxyl groups excluding tert-OH is 1. The summed E-state index contributed by atoms with van der Waals surface area (Å²) in [5.74, 6) is -0.0712. The summed E-state index contributed by atoms with van der Waals surface area (Å²) in [6, 6.07) is 0. The number of carbonyl (C=O) groups is 1. The molecule has 19 heavy (non-hydrogen) atoms. The van der Waals surface area contributed by atoms with Gasteiger partial charge in [0.1, 0.15) is 0 Å². The third kappa shape index (κ3) is 3.02. The van der Waals surface area contributed by atoms with Gasteiger partial charge in [-0.05, 0) is 56.8 Å². The van der Waals surface area contributed by atoms with Gasteiger partial charge in [-0.25, -0.2) is 0 Å². The molecule has 0 amide bonds. The smallest absolute Gasteiger partial charge is 0.307 e. The van der Waals surface area contributed by atoms with Gasteiger partial charge in [0.05, 0.1) is 12.0 Å². The van der Waals surface area contributed by atoms with E-state index in [1.807, 2.05) is 0 Å². The second-order valence-corrected chi connectivity index (χ2v) is 6.18. The minimum atomic E-state index is -0.642. The van der Waals surface area contributed by atoms with Crippen LogP contribution in [-0.2, 0) is 4.79 Å². The van der Waals surface area contributed by atoms with Crippen molar-refractivity contribution in [2.75, 3.05) is 0 Å². The fraction of sp³-hybridized carbons (Fsp3) is 0.812. The Hall–Kier alpha value is -0.830. The van der Waals surface area contributed by atoms with Crippen LogP contribution in [0.1, 0.15) is 58.8 Å². The Morgan fingerprint density at radius 1 is 1.21 bits per heavy atom. The molecule has 2 aliphatic rings. The molecular formula is C16H26O3. The Morgan fingerprint density at radius 2 is 1.84 bits per heavy atom. The van der Waals surface area contributed by atoms with E-state index in [1.165, 1.54) is 11.1 Å². The van der Waals surface area contributed by atoms with Crippen LogP contribution >= 0.6 is 0 Å². The molecule has 0 bridgehead atoms. The summed E-state index contributed by atoms with van der Waals surface area (Å²) in [6.45, 7) is 4.22. The second kappa shape index (κ2) is 6.08. The Balaban J connectivity index is 2.18. The van der Waals surface area contributed by atoms with Gasteiger partial charge in [-0.2, -0.15) is 0 Å². The number of rotatable bonds is 3. The molecule has 0 radical (unpaired) electrons. The number of allylic oxidation sites excluding steroid dienone is 2. The molecule has 2 N–H and O–H groups in total. The molecule has 0 aromatic rings. The predicted molar refractivity (Wildman–Crippen MR) is 74.8 cm³/mol. The van der Waals surface area contributed by atoms with Crippen molar-refractivity contribution in [2.24, 2.45) is 17.8 Å². The highest BCUT2D eigenvalue weighted by molar-refractivity contribution is 5.71. The highest BCUT2D eigenvalue weighted by Crippen LogP contribution is 2.43. The lowest BCUT2D eigenvalue weighted by Gasteiger charge is -2.36. The average Bonchev–Trinajstić information content (AvgIpc) is 2.38. The lowest BCUT2D eigenvalue weighted by atomic mass is 9.69. The Labute approximate surface area is 115 Å². The van der Waals surface area contributed by atoms with Gasteiger partial charge in [0.25, 0.3) is 0 Å². The quantitative estimate of drug-likeness (QED) is 0.770. The summed E-state index contributed by atoms with van der Waals surface area (Å²) in [5.41, 5.74) is 2.92. The van der Waals surface area contributed by atoms with Gasteiger partial charge in [-0.3, -0.25) is 4.79 Å². The summed E-state index contributed by atoms with van der Waals surface area (Å²) >= 11 is 0. The van der Waals surface area contributed by atoms with E-state index >= 15 is 0 Å². The summed E-state index contributed by atoms with van der Waals surface area (Å²) < 4.78 is 0. The largest absolute Gasteiger partial charge is 0.481 e. The van der Waals surface area contributed by atoms with Crippen LogP contribution in [0.4, 0.5) is 0 Å². The highest BCUT2D eigenvalue weighted by atomic mass is 16.4. The Kier molecular flexibility index (Phi) is 4.67. The molecule has 3 heteroatoms. The van der Waals surface area contributed by atoms with Gasteiger partial charge in [-0.1, -0.05) is 25.0 Å². The first-order valence-corrected chi connectivity index (χ1v) is 7.67. The lowest BCUT2D eigenvalue weighted by Crippen LogP contribution is -2.30. The molecule has 2 rings (SSSR count). The third-order valence-electron chi connectivity index (χ3n) is 5.18. The number of hydrogen-bond donors (Lipinski definition) is 2. The predicted octanol–water partition coefficient (Wildman–Crippen LogP) is 3.37. The first-order chi connectivity index (χ1) is 9.04. The van der Waals surface area contributed by atoms with Gasteiger partial charge in [0, 0.05) is 0 Å². The fourth-order valence-electron chi connectivity index (χ4n) is 4.03. The molecule has 1 fully saturated rings. The maximum absolute atomic E-state index is 11.3. The molecule has 0 aliphatic heterocycles. The van der Waals surface area contributed by atoms with E-state index in [1.54, 1.807) is 0 Å². The monoisotopic (exact) mass is 266 g/mol. The van der Waals surface area contributed by atoms with E-state index < -0.39 is 5.97 Å². The number of carboxylic acid groups (broad SMARTS) is 1. The zero-order valence-corrected chi connectivity index (χ0v) is 12.1. The molecule has 0 aromatic heterocycles. The lowest BCUT2D eigenvalue weighted by molar-refractivity contribution is -0.143. The minimum absolute atomic E-state index is 0.116. The van der Waals surface area contributed by atoms with Crippen LogP contribution in [0.25, 0.3) is 0 Å². The van der Waals surface area contributed by atoms with Gasteiger partial charge < -0.3 is 10.2 Å². The van der Waals surface area contributed by atoms with E-state index in [4.69, 9.17) is 0 Å². The minimum Gasteiger partial charge on any atom is -0.481 e. The van der Waals surface area contributed by atoms with E-state index in [0.717, 1.165) is 44.9 Å². The van der Waals surface area contributed by atoms with Gasteiger partial charge >= 0.3 is 5.97 Å². The normalized spacial score (nSPS) is 36.4. The number of hydrogen-bond acceptors (Lipinski definition) is 2. The van der Waals surface area contributed by atoms with Crippen molar-refractivity contribution in [3.63, 3.8) is 0 Å². The summed E-state index contributed by atoms with van der Waals surface area (Å²) in [6.07, 6.45) is 6.55. The van der Waals surface area contributed by atoms with Crippen molar-refractivity contribution in [3.8, 4) is 0 Å². The van der Waals surface area contributed by atoms with Gasteiger partial charge in [-0.15, -0.1) is 0 Å². The van der Waals surface area contributed by atoms with Crippen LogP contribution in [0.3, 0.4) is 0 Å². The summed E-state index contributed by atoms with van der Waals surface area (Å²) in [4.78, 5) is 11.3. The molecule has 108 valence electrons. The van der Waals surface area contributed by atoms with Crippen molar-refractivity contribution in [3.05, 3.63) is 11.1 Å². The Morgan fingerprint density at radius 3 is 2.37 bits per heavy atom. The van der Waals surface area contributed by atoms with Gasteiger partial charge in [0.15, 0.2) is 0 Å². The molecule has 0 heterocycles. The maximum atomic E-state index is 11.3. The van der Waals surface area contributed by atoms with Crippen LogP contribution in [0, 0.1) is 17.8 Å². The number of carboxylic acids is 1. The van der Waals surface area contributed by atoms with Crippen molar-refractivity contribution in [2.45, 2.75) is 64.9 Å². The molecule has 0 unspecified atom stereocenters. The van der Waals surface area contributed by atoms with Crippen molar-refractivity contribution < 1.29 is 15.0 Å². The second-order valence-electron chi connectivity index (χ2n) is 6.18. The molecule has 0 saturated heterocycles. The van der Waals surface area contributed by atoms with Crippen molar-refractivity contribution >= 4 is 5.97 Å². The standard InChI is InChI=1S/C16H26O3/c1-3-13-10(2)14(16(18)19)8-9-15(13)11-4-6-12(17)7-5-11/h10-12,14,17H,3-9H2,1-2H3,(H,18,19)/t10-,11?,12?,14+/m1/s1. The maximum Gasteiger partial charge on any atom is 0.307 e. The summed E-state index contributed by atoms with van der Waals surface area (Å²) in [5, 5.41) is 18.9. The molecule has 0 spiro atoms. The third-order valence-corrected chi connectivity index (χ3v) is 5.18. The SMILES string of the molecule is CCC1=C(C2CCC(O)CC2)CC[C@H](C(=O)O)[C@@H]1C.